The third-order valence-corrected chi connectivity index (χ3v) is 6.76. The number of alkyl halides is 1. The highest BCUT2D eigenvalue weighted by molar-refractivity contribution is 9.09. The number of halogens is 1. The van der Waals surface area contributed by atoms with E-state index in [2.05, 4.69) is 32.7 Å². The molecule has 1 aliphatic heterocycles. The Kier molecular flexibility index (Phi) is 5.94. The van der Waals surface area contributed by atoms with Crippen LogP contribution in [0.25, 0.3) is 0 Å². The summed E-state index contributed by atoms with van der Waals surface area (Å²) < 4.78 is 0. The van der Waals surface area contributed by atoms with E-state index < -0.39 is 4.83 Å². The number of benzene rings is 1. The largest absolute Gasteiger partial charge is 0.342 e. The SMILES string of the molecule is CCC1C(=N)N(C=N)c2cnc(C(Br)C(=O)c3ccccc3)nc2N1C1CCCC1. The topological polar surface area (TPSA) is 97.0 Å². The maximum atomic E-state index is 12.9. The quantitative estimate of drug-likeness (QED) is 0.276. The fourth-order valence-electron chi connectivity index (χ4n) is 4.44. The van der Waals surface area contributed by atoms with Crippen LogP contribution in [0.4, 0.5) is 11.5 Å². The molecule has 8 heteroatoms. The monoisotopic (exact) mass is 468 g/mol. The standard InChI is InChI=1S/C22H25BrN6O/c1-2-16-20(25)28(13-24)17-12-26-21(18(23)19(30)14-8-4-3-5-9-14)27-22(17)29(16)15-10-6-7-11-15/h3-5,8-9,12-13,15-16,18,24-25H,2,6-7,10-11H2,1H3. The molecule has 0 spiro atoms. The molecule has 1 saturated carbocycles. The minimum atomic E-state index is -0.662. The molecule has 1 fully saturated rings. The van der Waals surface area contributed by atoms with Gasteiger partial charge in [0, 0.05) is 11.6 Å². The lowest BCUT2D eigenvalue weighted by Gasteiger charge is -2.45. The lowest BCUT2D eigenvalue weighted by atomic mass is 10.0. The molecule has 1 aromatic carbocycles. The number of anilines is 2. The molecule has 0 radical (unpaired) electrons. The number of nitrogens with one attached hydrogen (secondary N) is 2. The first kappa shape index (κ1) is 20.7. The molecule has 1 aromatic heterocycles. The first-order valence-electron chi connectivity index (χ1n) is 10.3. The molecular weight excluding hydrogens is 444 g/mol. The third-order valence-electron chi connectivity index (χ3n) is 5.93. The summed E-state index contributed by atoms with van der Waals surface area (Å²) in [5.74, 6) is 1.39. The fourth-order valence-corrected chi connectivity index (χ4v) is 4.92. The van der Waals surface area contributed by atoms with E-state index in [1.54, 1.807) is 23.2 Å². The Hall–Kier alpha value is -2.61. The molecule has 0 saturated heterocycles. The smallest absolute Gasteiger partial charge is 0.184 e. The fraction of sp³-hybridized carbons (Fsp3) is 0.409. The zero-order valence-electron chi connectivity index (χ0n) is 16.9. The van der Waals surface area contributed by atoms with Crippen molar-refractivity contribution < 1.29 is 4.79 Å². The number of aromatic nitrogens is 2. The average Bonchev–Trinajstić information content (AvgIpc) is 3.32. The minimum Gasteiger partial charge on any atom is -0.342 e. The summed E-state index contributed by atoms with van der Waals surface area (Å²) in [5, 5.41) is 16.5. The van der Waals surface area contributed by atoms with Crippen LogP contribution in [0.15, 0.2) is 36.5 Å². The highest BCUT2D eigenvalue weighted by Crippen LogP contribution is 2.40. The van der Waals surface area contributed by atoms with Gasteiger partial charge in [0.15, 0.2) is 17.4 Å². The van der Waals surface area contributed by atoms with Crippen LogP contribution in [-0.2, 0) is 0 Å². The van der Waals surface area contributed by atoms with Gasteiger partial charge in [-0.2, -0.15) is 0 Å². The number of nitrogens with zero attached hydrogens (tertiary/aromatic N) is 4. The Bertz CT molecular complexity index is 959. The van der Waals surface area contributed by atoms with Crippen LogP contribution >= 0.6 is 15.9 Å². The van der Waals surface area contributed by atoms with Gasteiger partial charge in [-0.1, -0.05) is 66.0 Å². The van der Waals surface area contributed by atoms with Crippen molar-refractivity contribution in [3.8, 4) is 0 Å². The molecule has 2 heterocycles. The summed E-state index contributed by atoms with van der Waals surface area (Å²) in [5.41, 5.74) is 1.23. The van der Waals surface area contributed by atoms with E-state index >= 15 is 0 Å². The molecule has 4 rings (SSSR count). The second kappa shape index (κ2) is 8.63. The number of fused-ring (bicyclic) bond motifs is 1. The third kappa shape index (κ3) is 3.53. The number of carbonyl (C=O) groups is 1. The summed E-state index contributed by atoms with van der Waals surface area (Å²) >= 11 is 3.50. The summed E-state index contributed by atoms with van der Waals surface area (Å²) in [6.07, 6.45) is 8.00. The van der Waals surface area contributed by atoms with Crippen molar-refractivity contribution in [1.82, 2.24) is 9.97 Å². The van der Waals surface area contributed by atoms with Gasteiger partial charge in [0.25, 0.3) is 0 Å². The van der Waals surface area contributed by atoms with Crippen LogP contribution < -0.4 is 9.80 Å². The first-order chi connectivity index (χ1) is 14.6. The Morgan fingerprint density at radius 3 is 2.63 bits per heavy atom. The predicted octanol–water partition coefficient (Wildman–Crippen LogP) is 4.73. The van der Waals surface area contributed by atoms with Crippen molar-refractivity contribution in [2.75, 3.05) is 9.80 Å². The normalized spacial score (nSPS) is 20.2. The van der Waals surface area contributed by atoms with Gasteiger partial charge >= 0.3 is 0 Å². The van der Waals surface area contributed by atoms with E-state index in [1.165, 1.54) is 12.8 Å². The number of rotatable bonds is 6. The Labute approximate surface area is 184 Å². The molecule has 2 unspecified atom stereocenters. The zero-order chi connectivity index (χ0) is 21.3. The minimum absolute atomic E-state index is 0.0949. The number of Topliss-reactive ketones (excluding diaryl/α,β-unsaturated/α-hetero) is 1. The summed E-state index contributed by atoms with van der Waals surface area (Å²) in [6, 6.07) is 9.27. The van der Waals surface area contributed by atoms with Crippen molar-refractivity contribution >= 4 is 45.4 Å². The molecule has 0 bridgehead atoms. The molecule has 30 heavy (non-hydrogen) atoms. The second-order valence-electron chi connectivity index (χ2n) is 7.68. The summed E-state index contributed by atoms with van der Waals surface area (Å²) in [4.78, 5) is 25.3. The van der Waals surface area contributed by atoms with Crippen LogP contribution in [0.2, 0.25) is 0 Å². The molecule has 2 aliphatic rings. The van der Waals surface area contributed by atoms with Crippen LogP contribution in [-0.4, -0.2) is 40.0 Å². The lowest BCUT2D eigenvalue weighted by molar-refractivity contribution is 0.0989. The van der Waals surface area contributed by atoms with Gasteiger partial charge in [0.05, 0.1) is 18.6 Å². The van der Waals surface area contributed by atoms with Crippen molar-refractivity contribution in [2.24, 2.45) is 0 Å². The number of amidine groups is 1. The van der Waals surface area contributed by atoms with Gasteiger partial charge in [-0.3, -0.25) is 20.5 Å². The van der Waals surface area contributed by atoms with Crippen LogP contribution in [0, 0.1) is 10.8 Å². The van der Waals surface area contributed by atoms with Gasteiger partial charge < -0.3 is 4.90 Å². The number of hydrogen-bond acceptors (Lipinski definition) is 6. The number of ketones is 1. The van der Waals surface area contributed by atoms with E-state index in [1.807, 2.05) is 18.2 Å². The van der Waals surface area contributed by atoms with Gasteiger partial charge in [-0.05, 0) is 19.3 Å². The van der Waals surface area contributed by atoms with E-state index in [0.717, 1.165) is 25.6 Å². The molecule has 0 amide bonds. The van der Waals surface area contributed by atoms with Crippen molar-refractivity contribution in [1.29, 1.82) is 10.8 Å². The molecule has 2 aromatic rings. The molecule has 2 atom stereocenters. The highest BCUT2D eigenvalue weighted by atomic mass is 79.9. The predicted molar refractivity (Wildman–Crippen MR) is 122 cm³/mol. The Balaban J connectivity index is 1.77. The lowest BCUT2D eigenvalue weighted by Crippen LogP contribution is -2.56. The molecular formula is C22H25BrN6O. The molecule has 156 valence electrons. The maximum absolute atomic E-state index is 12.9. The van der Waals surface area contributed by atoms with Gasteiger partial charge in [0.1, 0.15) is 16.4 Å². The van der Waals surface area contributed by atoms with E-state index in [-0.39, 0.29) is 11.8 Å². The van der Waals surface area contributed by atoms with Gasteiger partial charge in [0.2, 0.25) is 0 Å². The first-order valence-corrected chi connectivity index (χ1v) is 11.2. The maximum Gasteiger partial charge on any atom is 0.184 e. The van der Waals surface area contributed by atoms with Crippen LogP contribution in [0.3, 0.4) is 0 Å². The Morgan fingerprint density at radius 1 is 1.30 bits per heavy atom. The van der Waals surface area contributed by atoms with E-state index in [0.29, 0.717) is 34.8 Å². The van der Waals surface area contributed by atoms with Crippen molar-refractivity contribution in [3.05, 3.63) is 47.9 Å². The summed E-state index contributed by atoms with van der Waals surface area (Å²) in [6.45, 7) is 2.06. The average molecular weight is 469 g/mol. The number of hydrogen-bond donors (Lipinski definition) is 2. The van der Waals surface area contributed by atoms with Crippen molar-refractivity contribution in [3.63, 3.8) is 0 Å². The van der Waals surface area contributed by atoms with Gasteiger partial charge in [-0.25, -0.2) is 9.97 Å². The Morgan fingerprint density at radius 2 is 2.00 bits per heavy atom. The second-order valence-corrected chi connectivity index (χ2v) is 8.60. The van der Waals surface area contributed by atoms with Crippen LogP contribution in [0.5, 0.6) is 0 Å². The molecule has 2 N–H and O–H groups in total. The van der Waals surface area contributed by atoms with E-state index in [9.17, 15) is 4.79 Å². The van der Waals surface area contributed by atoms with Gasteiger partial charge in [-0.15, -0.1) is 0 Å². The summed E-state index contributed by atoms with van der Waals surface area (Å²) in [7, 11) is 0. The molecule has 1 aliphatic carbocycles. The highest BCUT2D eigenvalue weighted by Gasteiger charge is 2.40. The van der Waals surface area contributed by atoms with Crippen LogP contribution in [0.1, 0.15) is 60.0 Å². The van der Waals surface area contributed by atoms with E-state index in [4.69, 9.17) is 15.8 Å². The van der Waals surface area contributed by atoms with Crippen molar-refractivity contribution in [2.45, 2.75) is 55.9 Å². The molecule has 7 nitrogen and oxygen atoms in total. The number of carbonyl (C=O) groups excluding carboxylic acids is 1. The zero-order valence-corrected chi connectivity index (χ0v) is 18.5.